The van der Waals surface area contributed by atoms with Crippen molar-refractivity contribution in [1.29, 1.82) is 0 Å². The van der Waals surface area contributed by atoms with Crippen molar-refractivity contribution >= 4 is 17.3 Å². The number of rotatable bonds is 7. The highest BCUT2D eigenvalue weighted by molar-refractivity contribution is 6.03. The quantitative estimate of drug-likeness (QED) is 0.493. The molecule has 0 spiro atoms. The maximum Gasteiger partial charge on any atom is 0.273 e. The maximum atomic E-state index is 12.6. The average Bonchev–Trinajstić information content (AvgIpc) is 3.28. The van der Waals surface area contributed by atoms with E-state index in [0.29, 0.717) is 41.7 Å². The van der Waals surface area contributed by atoms with Crippen LogP contribution >= 0.6 is 0 Å². The molecule has 0 aliphatic heterocycles. The second kappa shape index (κ2) is 8.13. The summed E-state index contributed by atoms with van der Waals surface area (Å²) in [5, 5.41) is 14.0. The van der Waals surface area contributed by atoms with Gasteiger partial charge in [0.25, 0.3) is 5.91 Å². The van der Waals surface area contributed by atoms with Crippen LogP contribution in [-0.2, 0) is 7.05 Å². The lowest BCUT2D eigenvalue weighted by atomic mass is 10.1. The monoisotopic (exact) mass is 383 g/mol. The van der Waals surface area contributed by atoms with E-state index in [2.05, 4.69) is 20.6 Å². The molecule has 2 aromatic heterocycles. The van der Waals surface area contributed by atoms with Gasteiger partial charge in [0.15, 0.2) is 0 Å². The van der Waals surface area contributed by atoms with E-state index in [4.69, 9.17) is 16.2 Å². The van der Waals surface area contributed by atoms with Gasteiger partial charge in [0.2, 0.25) is 0 Å². The Balaban J connectivity index is 1.91. The third-order valence-corrected chi connectivity index (χ3v) is 4.27. The highest BCUT2D eigenvalue weighted by Gasteiger charge is 2.17. The SMILES string of the molecule is CC(C)c1cc(C(=O)Nc2ccc(OCCN)c(-c3c(N)cnn3C)c2)[nH]n1. The third-order valence-electron chi connectivity index (χ3n) is 4.27. The van der Waals surface area contributed by atoms with Crippen molar-refractivity contribution in [1.82, 2.24) is 20.0 Å². The molecule has 3 aromatic rings. The number of amides is 1. The molecule has 6 N–H and O–H groups in total. The number of carbonyl (C=O) groups excluding carboxylic acids is 1. The molecule has 0 atom stereocenters. The molecule has 0 saturated heterocycles. The Morgan fingerprint density at radius 1 is 1.36 bits per heavy atom. The molecular formula is C19H25N7O2. The highest BCUT2D eigenvalue weighted by Crippen LogP contribution is 2.35. The van der Waals surface area contributed by atoms with Gasteiger partial charge in [-0.1, -0.05) is 13.8 Å². The predicted octanol–water partition coefficient (Wildman–Crippen LogP) is 2.11. The lowest BCUT2D eigenvalue weighted by Gasteiger charge is -2.14. The number of hydrogen-bond donors (Lipinski definition) is 4. The van der Waals surface area contributed by atoms with E-state index in [0.717, 1.165) is 11.3 Å². The predicted molar refractivity (Wildman–Crippen MR) is 108 cm³/mol. The number of hydrogen-bond acceptors (Lipinski definition) is 6. The van der Waals surface area contributed by atoms with Crippen LogP contribution in [-0.4, -0.2) is 39.0 Å². The van der Waals surface area contributed by atoms with Crippen LogP contribution in [0.15, 0.2) is 30.5 Å². The number of anilines is 2. The van der Waals surface area contributed by atoms with Gasteiger partial charge in [-0.2, -0.15) is 10.2 Å². The van der Waals surface area contributed by atoms with Crippen molar-refractivity contribution in [3.05, 3.63) is 41.9 Å². The van der Waals surface area contributed by atoms with E-state index in [-0.39, 0.29) is 11.8 Å². The molecule has 2 heterocycles. The Morgan fingerprint density at radius 2 is 2.14 bits per heavy atom. The number of H-pyrrole nitrogens is 1. The molecule has 0 radical (unpaired) electrons. The van der Waals surface area contributed by atoms with Crippen LogP contribution in [0.25, 0.3) is 11.3 Å². The summed E-state index contributed by atoms with van der Waals surface area (Å²) in [5.41, 5.74) is 15.4. The maximum absolute atomic E-state index is 12.6. The molecule has 0 fully saturated rings. The standard InChI is InChI=1S/C19H25N7O2/c1-11(2)15-9-16(25-24-15)19(27)23-12-4-5-17(28-7-6-20)13(8-12)18-14(21)10-22-26(18)3/h4-5,8-11H,6-7,20-21H2,1-3H3,(H,23,27)(H,24,25). The zero-order valence-corrected chi connectivity index (χ0v) is 16.2. The van der Waals surface area contributed by atoms with E-state index < -0.39 is 0 Å². The van der Waals surface area contributed by atoms with Gasteiger partial charge >= 0.3 is 0 Å². The van der Waals surface area contributed by atoms with E-state index >= 15 is 0 Å². The van der Waals surface area contributed by atoms with Crippen molar-refractivity contribution in [3.8, 4) is 17.0 Å². The number of aryl methyl sites for hydroxylation is 1. The summed E-state index contributed by atoms with van der Waals surface area (Å²) in [5.74, 6) is 0.567. The Hall–Kier alpha value is -3.33. The molecule has 0 bridgehead atoms. The van der Waals surface area contributed by atoms with E-state index in [1.54, 1.807) is 42.2 Å². The molecule has 0 saturated carbocycles. The van der Waals surface area contributed by atoms with Gasteiger partial charge in [0, 0.05) is 24.8 Å². The summed E-state index contributed by atoms with van der Waals surface area (Å²) in [7, 11) is 1.79. The first kappa shape index (κ1) is 19.4. The van der Waals surface area contributed by atoms with Gasteiger partial charge in [-0.25, -0.2) is 0 Å². The van der Waals surface area contributed by atoms with Crippen LogP contribution in [0.4, 0.5) is 11.4 Å². The normalized spacial score (nSPS) is 11.0. The number of nitrogens with two attached hydrogens (primary N) is 2. The van der Waals surface area contributed by atoms with Crippen LogP contribution in [0.2, 0.25) is 0 Å². The number of nitrogens with zero attached hydrogens (tertiary/aromatic N) is 3. The number of aromatic amines is 1. The van der Waals surface area contributed by atoms with Crippen LogP contribution in [0.3, 0.4) is 0 Å². The molecule has 28 heavy (non-hydrogen) atoms. The molecule has 1 aromatic carbocycles. The fourth-order valence-corrected chi connectivity index (χ4v) is 2.82. The summed E-state index contributed by atoms with van der Waals surface area (Å²) in [6, 6.07) is 7.09. The first-order valence-corrected chi connectivity index (χ1v) is 9.02. The Labute approximate surface area is 163 Å². The van der Waals surface area contributed by atoms with E-state index in [1.165, 1.54) is 0 Å². The Kier molecular flexibility index (Phi) is 5.65. The van der Waals surface area contributed by atoms with Crippen molar-refractivity contribution in [2.24, 2.45) is 12.8 Å². The van der Waals surface area contributed by atoms with Crippen LogP contribution in [0.1, 0.15) is 35.9 Å². The minimum Gasteiger partial charge on any atom is -0.492 e. The lowest BCUT2D eigenvalue weighted by molar-refractivity contribution is 0.102. The molecule has 1 amide bonds. The smallest absolute Gasteiger partial charge is 0.273 e. The van der Waals surface area contributed by atoms with Crippen LogP contribution < -0.4 is 21.5 Å². The molecular weight excluding hydrogens is 358 g/mol. The molecule has 9 heteroatoms. The van der Waals surface area contributed by atoms with Gasteiger partial charge in [-0.3, -0.25) is 14.6 Å². The van der Waals surface area contributed by atoms with Crippen molar-refractivity contribution in [2.75, 3.05) is 24.2 Å². The van der Waals surface area contributed by atoms with Crippen molar-refractivity contribution in [3.63, 3.8) is 0 Å². The molecule has 9 nitrogen and oxygen atoms in total. The zero-order chi connectivity index (χ0) is 20.3. The number of benzene rings is 1. The minimum absolute atomic E-state index is 0.233. The van der Waals surface area contributed by atoms with Crippen molar-refractivity contribution < 1.29 is 9.53 Å². The number of nitrogen functional groups attached to an aromatic ring is 1. The number of aromatic nitrogens is 4. The highest BCUT2D eigenvalue weighted by atomic mass is 16.5. The number of carbonyl (C=O) groups is 1. The topological polar surface area (TPSA) is 137 Å². The summed E-state index contributed by atoms with van der Waals surface area (Å²) < 4.78 is 7.41. The summed E-state index contributed by atoms with van der Waals surface area (Å²) in [4.78, 5) is 12.6. The zero-order valence-electron chi connectivity index (χ0n) is 16.2. The summed E-state index contributed by atoms with van der Waals surface area (Å²) in [6.07, 6.45) is 1.57. The second-order valence-electron chi connectivity index (χ2n) is 6.74. The first-order chi connectivity index (χ1) is 13.4. The van der Waals surface area contributed by atoms with Crippen LogP contribution in [0, 0.1) is 0 Å². The van der Waals surface area contributed by atoms with Gasteiger partial charge in [0.05, 0.1) is 23.3 Å². The van der Waals surface area contributed by atoms with E-state index in [1.807, 2.05) is 13.8 Å². The van der Waals surface area contributed by atoms with Gasteiger partial charge in [0.1, 0.15) is 18.1 Å². The minimum atomic E-state index is -0.279. The fourth-order valence-electron chi connectivity index (χ4n) is 2.82. The third kappa shape index (κ3) is 3.99. The van der Waals surface area contributed by atoms with Crippen LogP contribution in [0.5, 0.6) is 5.75 Å². The average molecular weight is 383 g/mol. The number of ether oxygens (including phenoxy) is 1. The fraction of sp³-hybridized carbons (Fsp3) is 0.316. The second-order valence-corrected chi connectivity index (χ2v) is 6.74. The molecule has 148 valence electrons. The summed E-state index contributed by atoms with van der Waals surface area (Å²) in [6.45, 7) is 4.78. The largest absolute Gasteiger partial charge is 0.492 e. The van der Waals surface area contributed by atoms with Gasteiger partial charge in [-0.15, -0.1) is 0 Å². The molecule has 3 rings (SSSR count). The Morgan fingerprint density at radius 3 is 2.75 bits per heavy atom. The Bertz CT molecular complexity index is 955. The summed E-state index contributed by atoms with van der Waals surface area (Å²) >= 11 is 0. The first-order valence-electron chi connectivity index (χ1n) is 9.02. The van der Waals surface area contributed by atoms with Crippen molar-refractivity contribution in [2.45, 2.75) is 19.8 Å². The van der Waals surface area contributed by atoms with Gasteiger partial charge in [-0.05, 0) is 30.2 Å². The van der Waals surface area contributed by atoms with E-state index in [9.17, 15) is 4.79 Å². The molecule has 0 aliphatic rings. The lowest BCUT2D eigenvalue weighted by Crippen LogP contribution is -2.14. The molecule has 0 unspecified atom stereocenters. The van der Waals surface area contributed by atoms with Gasteiger partial charge < -0.3 is 21.5 Å². The molecule has 0 aliphatic carbocycles. The number of nitrogens with one attached hydrogen (secondary N) is 2.